The monoisotopic (exact) mass is 291 g/mol. The van der Waals surface area contributed by atoms with Gasteiger partial charge in [-0.15, -0.1) is 0 Å². The summed E-state index contributed by atoms with van der Waals surface area (Å²) in [6, 6.07) is 10.2. The van der Waals surface area contributed by atoms with Crippen molar-refractivity contribution in [2.24, 2.45) is 5.73 Å². The lowest BCUT2D eigenvalue weighted by atomic mass is 9.92. The quantitative estimate of drug-likeness (QED) is 0.849. The molecule has 0 saturated carbocycles. The van der Waals surface area contributed by atoms with Crippen molar-refractivity contribution in [3.63, 3.8) is 0 Å². The Hall–Kier alpha value is -1.58. The van der Waals surface area contributed by atoms with Crippen LogP contribution in [0.2, 0.25) is 5.02 Å². The fourth-order valence-corrected chi connectivity index (χ4v) is 2.76. The van der Waals surface area contributed by atoms with Gasteiger partial charge in [-0.05, 0) is 31.2 Å². The maximum Gasteiger partial charge on any atom is 0.130 e. The van der Waals surface area contributed by atoms with Crippen molar-refractivity contribution in [2.75, 3.05) is 0 Å². The van der Waals surface area contributed by atoms with Crippen LogP contribution < -0.4 is 10.5 Å². The highest BCUT2D eigenvalue weighted by Gasteiger charge is 2.29. The lowest BCUT2D eigenvalue weighted by Crippen LogP contribution is -2.24. The Morgan fingerprint density at radius 3 is 2.80 bits per heavy atom. The molecule has 4 heteroatoms. The van der Waals surface area contributed by atoms with E-state index in [2.05, 4.69) is 0 Å². The lowest BCUT2D eigenvalue weighted by molar-refractivity contribution is 0.157. The Labute approximate surface area is 122 Å². The van der Waals surface area contributed by atoms with Gasteiger partial charge in [-0.3, -0.25) is 0 Å². The third kappa shape index (κ3) is 2.39. The number of halogens is 2. The van der Waals surface area contributed by atoms with Crippen LogP contribution in [-0.2, 0) is 0 Å². The molecule has 1 unspecified atom stereocenters. The zero-order valence-electron chi connectivity index (χ0n) is 11.1. The summed E-state index contributed by atoms with van der Waals surface area (Å²) >= 11 is 5.94. The first-order chi connectivity index (χ1) is 9.54. The van der Waals surface area contributed by atoms with Crippen LogP contribution >= 0.6 is 11.6 Å². The first-order valence-corrected chi connectivity index (χ1v) is 6.90. The van der Waals surface area contributed by atoms with E-state index in [-0.39, 0.29) is 11.9 Å². The van der Waals surface area contributed by atoms with Crippen molar-refractivity contribution in [3.05, 3.63) is 63.9 Å². The summed E-state index contributed by atoms with van der Waals surface area (Å²) < 4.78 is 19.8. The molecule has 20 heavy (non-hydrogen) atoms. The van der Waals surface area contributed by atoms with Gasteiger partial charge in [0, 0.05) is 28.6 Å². The van der Waals surface area contributed by atoms with Gasteiger partial charge in [0.25, 0.3) is 0 Å². The van der Waals surface area contributed by atoms with Crippen LogP contribution in [0.3, 0.4) is 0 Å². The Morgan fingerprint density at radius 2 is 2.00 bits per heavy atom. The second-order valence-corrected chi connectivity index (χ2v) is 5.59. The molecular formula is C16H15ClFNO. The Bertz CT molecular complexity index is 659. The Morgan fingerprint density at radius 1 is 1.20 bits per heavy atom. The van der Waals surface area contributed by atoms with Gasteiger partial charge in [0.2, 0.25) is 0 Å². The van der Waals surface area contributed by atoms with Crippen molar-refractivity contribution >= 4 is 11.6 Å². The molecule has 1 aliphatic heterocycles. The van der Waals surface area contributed by atoms with Gasteiger partial charge in [0.1, 0.15) is 17.7 Å². The predicted molar refractivity (Wildman–Crippen MR) is 77.5 cm³/mol. The van der Waals surface area contributed by atoms with Crippen molar-refractivity contribution in [1.82, 2.24) is 0 Å². The molecular weight excluding hydrogens is 277 g/mol. The van der Waals surface area contributed by atoms with Gasteiger partial charge in [-0.1, -0.05) is 29.3 Å². The van der Waals surface area contributed by atoms with E-state index in [4.69, 9.17) is 22.1 Å². The van der Waals surface area contributed by atoms with Gasteiger partial charge in [-0.25, -0.2) is 4.39 Å². The summed E-state index contributed by atoms with van der Waals surface area (Å²) in [6.45, 7) is 2.01. The van der Waals surface area contributed by atoms with E-state index in [1.807, 2.05) is 25.1 Å². The van der Waals surface area contributed by atoms with Gasteiger partial charge < -0.3 is 10.5 Å². The highest BCUT2D eigenvalue weighted by atomic mass is 35.5. The number of nitrogens with two attached hydrogens (primary N) is 1. The number of benzene rings is 2. The van der Waals surface area contributed by atoms with Crippen molar-refractivity contribution in [2.45, 2.75) is 25.5 Å². The summed E-state index contributed by atoms with van der Waals surface area (Å²) in [5, 5.41) is 0.494. The highest BCUT2D eigenvalue weighted by Crippen LogP contribution is 2.41. The standard InChI is InChI=1S/C16H15ClFNO/c1-9-2-5-15-12(6-9)14(19)8-16(20-15)11-7-10(17)3-4-13(11)18/h2-7,14,16H,8,19H2,1H3/t14-,16?/m0/s1. The molecule has 0 radical (unpaired) electrons. The number of aryl methyl sites for hydroxylation is 1. The van der Waals surface area contributed by atoms with E-state index in [0.29, 0.717) is 17.0 Å². The van der Waals surface area contributed by atoms with E-state index < -0.39 is 6.10 Å². The minimum Gasteiger partial charge on any atom is -0.485 e. The average Bonchev–Trinajstić information content (AvgIpc) is 2.42. The summed E-state index contributed by atoms with van der Waals surface area (Å²) in [5.41, 5.74) is 8.76. The maximum atomic E-state index is 13.9. The summed E-state index contributed by atoms with van der Waals surface area (Å²) in [4.78, 5) is 0. The maximum absolute atomic E-state index is 13.9. The van der Waals surface area contributed by atoms with Crippen molar-refractivity contribution in [1.29, 1.82) is 0 Å². The zero-order valence-corrected chi connectivity index (χ0v) is 11.8. The molecule has 2 aromatic rings. The minimum atomic E-state index is -0.404. The molecule has 1 heterocycles. The van der Waals surface area contributed by atoms with E-state index in [0.717, 1.165) is 16.9 Å². The molecule has 2 aromatic carbocycles. The van der Waals surface area contributed by atoms with E-state index in [1.165, 1.54) is 12.1 Å². The smallest absolute Gasteiger partial charge is 0.130 e. The average molecular weight is 292 g/mol. The topological polar surface area (TPSA) is 35.2 Å². The number of hydrogen-bond donors (Lipinski definition) is 1. The molecule has 1 aliphatic rings. The van der Waals surface area contributed by atoms with Crippen LogP contribution in [0, 0.1) is 12.7 Å². The van der Waals surface area contributed by atoms with Gasteiger partial charge in [0.05, 0.1) is 0 Å². The van der Waals surface area contributed by atoms with Gasteiger partial charge in [-0.2, -0.15) is 0 Å². The van der Waals surface area contributed by atoms with Crippen molar-refractivity contribution in [3.8, 4) is 5.75 Å². The van der Waals surface area contributed by atoms with Crippen LogP contribution in [-0.4, -0.2) is 0 Å². The molecule has 3 rings (SSSR count). The second-order valence-electron chi connectivity index (χ2n) is 5.16. The van der Waals surface area contributed by atoms with Gasteiger partial charge >= 0.3 is 0 Å². The minimum absolute atomic E-state index is 0.165. The van der Waals surface area contributed by atoms with Crippen molar-refractivity contribution < 1.29 is 9.13 Å². The first-order valence-electron chi connectivity index (χ1n) is 6.52. The molecule has 0 bridgehead atoms. The third-order valence-corrected chi connectivity index (χ3v) is 3.84. The molecule has 2 nitrogen and oxygen atoms in total. The van der Waals surface area contributed by atoms with Crippen LogP contribution in [0.5, 0.6) is 5.75 Å². The van der Waals surface area contributed by atoms with Crippen LogP contribution in [0.1, 0.15) is 35.3 Å². The molecule has 104 valence electrons. The summed E-state index contributed by atoms with van der Waals surface area (Å²) in [6.07, 6.45) is 0.132. The molecule has 0 aliphatic carbocycles. The molecule has 0 aromatic heterocycles. The number of rotatable bonds is 1. The second kappa shape index (κ2) is 5.08. The SMILES string of the molecule is Cc1ccc2c(c1)[C@@H](N)CC(c1cc(Cl)ccc1F)O2. The molecule has 2 atom stereocenters. The van der Waals surface area contributed by atoms with E-state index in [1.54, 1.807) is 6.07 Å². The zero-order chi connectivity index (χ0) is 14.3. The molecule has 0 spiro atoms. The van der Waals surface area contributed by atoms with Crippen LogP contribution in [0.4, 0.5) is 4.39 Å². The lowest BCUT2D eigenvalue weighted by Gasteiger charge is -2.31. The van der Waals surface area contributed by atoms with Crippen LogP contribution in [0.25, 0.3) is 0 Å². The number of hydrogen-bond acceptors (Lipinski definition) is 2. The largest absolute Gasteiger partial charge is 0.485 e. The van der Waals surface area contributed by atoms with Crippen LogP contribution in [0.15, 0.2) is 36.4 Å². The normalized spacial score (nSPS) is 21.2. The highest BCUT2D eigenvalue weighted by molar-refractivity contribution is 6.30. The molecule has 0 fully saturated rings. The fraction of sp³-hybridized carbons (Fsp3) is 0.250. The third-order valence-electron chi connectivity index (χ3n) is 3.61. The van der Waals surface area contributed by atoms with E-state index in [9.17, 15) is 4.39 Å². The Balaban J connectivity index is 1.99. The summed E-state index contributed by atoms with van der Waals surface area (Å²) in [7, 11) is 0. The first kappa shape index (κ1) is 13.4. The van der Waals surface area contributed by atoms with E-state index >= 15 is 0 Å². The summed E-state index contributed by atoms with van der Waals surface area (Å²) in [5.74, 6) is 0.404. The molecule has 0 amide bonds. The Kier molecular flexibility index (Phi) is 3.40. The number of fused-ring (bicyclic) bond motifs is 1. The molecule has 0 saturated heterocycles. The number of ether oxygens (including phenoxy) is 1. The fourth-order valence-electron chi connectivity index (χ4n) is 2.58. The molecule has 2 N–H and O–H groups in total. The van der Waals surface area contributed by atoms with Gasteiger partial charge in [0.15, 0.2) is 0 Å². The predicted octanol–water partition coefficient (Wildman–Crippen LogP) is 4.31.